The molecule has 1 heterocycles. The van der Waals surface area contributed by atoms with Gasteiger partial charge in [0.25, 0.3) is 5.91 Å². The van der Waals surface area contributed by atoms with Crippen molar-refractivity contribution in [3.05, 3.63) is 119 Å². The molecule has 0 spiro atoms. The maximum atomic E-state index is 13.0. The minimum Gasteiger partial charge on any atom is -0.508 e. The number of hydrogen-bond donors (Lipinski definition) is 2. The van der Waals surface area contributed by atoms with E-state index in [-0.39, 0.29) is 17.7 Å². The van der Waals surface area contributed by atoms with Crippen LogP contribution in [0.2, 0.25) is 0 Å². The number of benzene rings is 4. The predicted octanol–water partition coefficient (Wildman–Crippen LogP) is 6.52. The number of carbonyl (C=O) groups is 1. The van der Waals surface area contributed by atoms with Crippen molar-refractivity contribution in [3.63, 3.8) is 0 Å². The van der Waals surface area contributed by atoms with Gasteiger partial charge < -0.3 is 10.4 Å². The molecule has 5 heteroatoms. The summed E-state index contributed by atoms with van der Waals surface area (Å²) in [5.74, 6) is 0.0739. The van der Waals surface area contributed by atoms with Crippen LogP contribution in [0.15, 0.2) is 112 Å². The van der Waals surface area contributed by atoms with E-state index in [1.165, 1.54) is 0 Å². The van der Waals surface area contributed by atoms with Gasteiger partial charge in [0.05, 0.1) is 17.4 Å². The Morgan fingerprint density at radius 3 is 2.39 bits per heavy atom. The Morgan fingerprint density at radius 1 is 0.879 bits per heavy atom. The maximum Gasteiger partial charge on any atom is 0.251 e. The highest BCUT2D eigenvalue weighted by molar-refractivity contribution is 7.99. The molecule has 4 aromatic carbocycles. The average molecular weight is 451 g/mol. The first kappa shape index (κ1) is 21.0. The molecule has 33 heavy (non-hydrogen) atoms. The molecule has 0 bridgehead atoms. The first-order valence-corrected chi connectivity index (χ1v) is 11.6. The molecule has 5 rings (SSSR count). The van der Waals surface area contributed by atoms with Crippen molar-refractivity contribution in [1.29, 1.82) is 0 Å². The van der Waals surface area contributed by atoms with Crippen LogP contribution in [0, 0.1) is 0 Å². The van der Waals surface area contributed by atoms with E-state index in [0.29, 0.717) is 5.56 Å². The highest BCUT2D eigenvalue weighted by Gasteiger charge is 2.20. The van der Waals surface area contributed by atoms with Crippen LogP contribution < -0.4 is 5.32 Å². The molecule has 4 aromatic rings. The van der Waals surface area contributed by atoms with E-state index >= 15 is 0 Å². The van der Waals surface area contributed by atoms with Gasteiger partial charge in [-0.15, -0.1) is 0 Å². The van der Waals surface area contributed by atoms with Crippen LogP contribution in [0.4, 0.5) is 5.69 Å². The number of aliphatic imine (C=N–C) groups is 1. The standard InChI is InChI=1S/C28H22N2O2S/c1-18(19-7-3-2-4-8-19)29-28(32)21-13-16-26-24(17-21)30-27(20-11-14-22(31)15-12-20)23-9-5-6-10-25(23)33-26/h2-18,31H,1H3,(H,29,32). The molecule has 1 atom stereocenters. The third kappa shape index (κ3) is 4.41. The highest BCUT2D eigenvalue weighted by atomic mass is 32.2. The Labute approximate surface area is 197 Å². The zero-order valence-electron chi connectivity index (χ0n) is 18.0. The van der Waals surface area contributed by atoms with Crippen molar-refractivity contribution >= 4 is 29.1 Å². The van der Waals surface area contributed by atoms with Gasteiger partial charge in [-0.1, -0.05) is 60.3 Å². The fourth-order valence-corrected chi connectivity index (χ4v) is 4.83. The van der Waals surface area contributed by atoms with Crippen LogP contribution >= 0.6 is 11.8 Å². The molecule has 0 saturated carbocycles. The Morgan fingerprint density at radius 2 is 1.61 bits per heavy atom. The molecule has 1 unspecified atom stereocenters. The van der Waals surface area contributed by atoms with E-state index in [2.05, 4.69) is 17.4 Å². The monoisotopic (exact) mass is 450 g/mol. The van der Waals surface area contributed by atoms with Gasteiger partial charge in [0.1, 0.15) is 5.75 Å². The summed E-state index contributed by atoms with van der Waals surface area (Å²) < 4.78 is 0. The molecule has 162 valence electrons. The number of aromatic hydroxyl groups is 1. The van der Waals surface area contributed by atoms with E-state index < -0.39 is 0 Å². The van der Waals surface area contributed by atoms with Crippen molar-refractivity contribution < 1.29 is 9.90 Å². The number of hydrogen-bond acceptors (Lipinski definition) is 4. The molecule has 1 aliphatic rings. The van der Waals surface area contributed by atoms with Crippen molar-refractivity contribution in [2.24, 2.45) is 4.99 Å². The van der Waals surface area contributed by atoms with Gasteiger partial charge in [0, 0.05) is 26.5 Å². The zero-order valence-corrected chi connectivity index (χ0v) is 18.8. The summed E-state index contributed by atoms with van der Waals surface area (Å²) in [7, 11) is 0. The molecule has 0 radical (unpaired) electrons. The fourth-order valence-electron chi connectivity index (χ4n) is 3.83. The molecule has 0 saturated heterocycles. The topological polar surface area (TPSA) is 61.7 Å². The minimum absolute atomic E-state index is 0.104. The molecule has 0 aromatic heterocycles. The van der Waals surface area contributed by atoms with Crippen LogP contribution in [0.25, 0.3) is 0 Å². The number of amides is 1. The normalized spacial score (nSPS) is 13.2. The van der Waals surface area contributed by atoms with E-state index in [1.807, 2.05) is 79.7 Å². The van der Waals surface area contributed by atoms with Crippen molar-refractivity contribution in [2.75, 3.05) is 0 Å². The maximum absolute atomic E-state index is 13.0. The highest BCUT2D eigenvalue weighted by Crippen LogP contribution is 2.41. The van der Waals surface area contributed by atoms with Gasteiger partial charge in [-0.3, -0.25) is 4.79 Å². The molecule has 1 aliphatic heterocycles. The van der Waals surface area contributed by atoms with Crippen molar-refractivity contribution in [1.82, 2.24) is 5.32 Å². The van der Waals surface area contributed by atoms with Crippen LogP contribution in [-0.4, -0.2) is 16.7 Å². The summed E-state index contributed by atoms with van der Waals surface area (Å²) in [6.07, 6.45) is 0. The second-order valence-electron chi connectivity index (χ2n) is 7.89. The van der Waals surface area contributed by atoms with Crippen LogP contribution in [0.3, 0.4) is 0 Å². The Kier molecular flexibility index (Phi) is 5.71. The van der Waals surface area contributed by atoms with Crippen LogP contribution in [0.1, 0.15) is 40.0 Å². The first-order chi connectivity index (χ1) is 16.1. The number of carbonyl (C=O) groups excluding carboxylic acids is 1. The van der Waals surface area contributed by atoms with Crippen molar-refractivity contribution in [3.8, 4) is 5.75 Å². The lowest BCUT2D eigenvalue weighted by atomic mass is 10.0. The van der Waals surface area contributed by atoms with Gasteiger partial charge in [-0.25, -0.2) is 4.99 Å². The van der Waals surface area contributed by atoms with Crippen LogP contribution in [-0.2, 0) is 0 Å². The van der Waals surface area contributed by atoms with E-state index in [0.717, 1.165) is 37.9 Å². The first-order valence-electron chi connectivity index (χ1n) is 10.7. The van der Waals surface area contributed by atoms with Crippen molar-refractivity contribution in [2.45, 2.75) is 22.8 Å². The smallest absolute Gasteiger partial charge is 0.251 e. The summed E-state index contributed by atoms with van der Waals surface area (Å²) in [5, 5.41) is 12.8. The molecule has 4 nitrogen and oxygen atoms in total. The molecule has 2 N–H and O–H groups in total. The van der Waals surface area contributed by atoms with Gasteiger partial charge >= 0.3 is 0 Å². The number of phenolic OH excluding ortho intramolecular Hbond substituents is 1. The molecule has 1 amide bonds. The third-order valence-corrected chi connectivity index (χ3v) is 6.74. The number of nitrogens with zero attached hydrogens (tertiary/aromatic N) is 1. The van der Waals surface area contributed by atoms with Gasteiger partial charge in [-0.2, -0.15) is 0 Å². The quantitative estimate of drug-likeness (QED) is 0.328. The summed E-state index contributed by atoms with van der Waals surface area (Å²) in [5.41, 5.74) is 5.11. The number of fused-ring (bicyclic) bond motifs is 2. The summed E-state index contributed by atoms with van der Waals surface area (Å²) >= 11 is 1.64. The Bertz CT molecular complexity index is 1350. The average Bonchev–Trinajstić information content (AvgIpc) is 3.01. The molecular weight excluding hydrogens is 428 g/mol. The van der Waals surface area contributed by atoms with E-state index in [4.69, 9.17) is 4.99 Å². The number of nitrogens with one attached hydrogen (secondary N) is 1. The number of rotatable bonds is 4. The Balaban J connectivity index is 1.52. The number of phenols is 1. The minimum atomic E-state index is -0.137. The largest absolute Gasteiger partial charge is 0.508 e. The lowest BCUT2D eigenvalue weighted by Crippen LogP contribution is -2.26. The summed E-state index contributed by atoms with van der Waals surface area (Å²) in [6, 6.07) is 30.6. The second-order valence-corrected chi connectivity index (χ2v) is 8.98. The lowest BCUT2D eigenvalue weighted by Gasteiger charge is -2.15. The van der Waals surface area contributed by atoms with Gasteiger partial charge in [0.15, 0.2) is 0 Å². The van der Waals surface area contributed by atoms with E-state index in [9.17, 15) is 9.90 Å². The summed E-state index contributed by atoms with van der Waals surface area (Å²) in [4.78, 5) is 20.1. The van der Waals surface area contributed by atoms with E-state index in [1.54, 1.807) is 23.9 Å². The molecule has 0 aliphatic carbocycles. The lowest BCUT2D eigenvalue weighted by molar-refractivity contribution is 0.0940. The fraction of sp³-hybridized carbons (Fsp3) is 0.0714. The van der Waals surface area contributed by atoms with Gasteiger partial charge in [-0.05, 0) is 61.0 Å². The Hall–Kier alpha value is -3.83. The second kappa shape index (κ2) is 8.96. The zero-order chi connectivity index (χ0) is 22.8. The SMILES string of the molecule is CC(NC(=O)c1ccc2c(c1)N=C(c1ccc(O)cc1)c1ccccc1S2)c1ccccc1. The van der Waals surface area contributed by atoms with Crippen LogP contribution in [0.5, 0.6) is 5.75 Å². The third-order valence-electron chi connectivity index (χ3n) is 5.60. The predicted molar refractivity (Wildman–Crippen MR) is 133 cm³/mol. The molecular formula is C28H22N2O2S. The van der Waals surface area contributed by atoms with Gasteiger partial charge in [0.2, 0.25) is 0 Å². The summed E-state index contributed by atoms with van der Waals surface area (Å²) in [6.45, 7) is 1.98. The molecule has 0 fully saturated rings.